The highest BCUT2D eigenvalue weighted by atomic mass is 32.1. The number of rotatable bonds is 2. The van der Waals surface area contributed by atoms with Crippen molar-refractivity contribution in [1.82, 2.24) is 9.55 Å². The molecule has 0 amide bonds. The van der Waals surface area contributed by atoms with E-state index in [1.54, 1.807) is 0 Å². The first-order valence-corrected chi connectivity index (χ1v) is 7.14. The molecule has 0 unspecified atom stereocenters. The van der Waals surface area contributed by atoms with Gasteiger partial charge in [0.25, 0.3) is 0 Å². The Bertz CT molecular complexity index is 733. The topological polar surface area (TPSA) is 43.8 Å². The van der Waals surface area contributed by atoms with Gasteiger partial charge in [-0.3, -0.25) is 0 Å². The van der Waals surface area contributed by atoms with Gasteiger partial charge in [0.1, 0.15) is 0 Å². The summed E-state index contributed by atoms with van der Waals surface area (Å²) in [4.78, 5) is 7.13. The van der Waals surface area contributed by atoms with Crippen LogP contribution >= 0.6 is 11.3 Å². The molecule has 4 heteroatoms. The third-order valence-corrected chi connectivity index (χ3v) is 4.60. The Kier molecular flexibility index (Phi) is 2.82. The highest BCUT2D eigenvalue weighted by Crippen LogP contribution is 2.25. The van der Waals surface area contributed by atoms with Crippen LogP contribution in [0.15, 0.2) is 24.3 Å². The fourth-order valence-electron chi connectivity index (χ4n) is 2.31. The van der Waals surface area contributed by atoms with Gasteiger partial charge in [0, 0.05) is 9.75 Å². The minimum Gasteiger partial charge on any atom is -0.369 e. The first-order chi connectivity index (χ1) is 9.04. The number of nitrogens with zero attached hydrogens (tertiary/aromatic N) is 2. The summed E-state index contributed by atoms with van der Waals surface area (Å²) in [6.07, 6.45) is 0. The maximum Gasteiger partial charge on any atom is 0.201 e. The molecule has 1 aromatic carbocycles. The smallest absolute Gasteiger partial charge is 0.201 e. The normalized spacial score (nSPS) is 11.3. The molecule has 0 aliphatic rings. The molecule has 3 nitrogen and oxygen atoms in total. The van der Waals surface area contributed by atoms with Gasteiger partial charge in [-0.15, -0.1) is 11.3 Å². The number of benzene rings is 1. The summed E-state index contributed by atoms with van der Waals surface area (Å²) in [6.45, 7) is 7.17. The predicted molar refractivity (Wildman–Crippen MR) is 81.8 cm³/mol. The molecular formula is C15H17N3S. The number of anilines is 1. The molecule has 98 valence electrons. The summed E-state index contributed by atoms with van der Waals surface area (Å²) in [6, 6.07) is 8.51. The Hall–Kier alpha value is -1.81. The molecule has 0 aliphatic carbocycles. The van der Waals surface area contributed by atoms with Crippen LogP contribution in [0.4, 0.5) is 5.95 Å². The van der Waals surface area contributed by atoms with Gasteiger partial charge in [-0.25, -0.2) is 4.98 Å². The fourth-order valence-corrected chi connectivity index (χ4v) is 3.35. The largest absolute Gasteiger partial charge is 0.369 e. The number of aryl methyl sites for hydroxylation is 3. The van der Waals surface area contributed by atoms with Crippen LogP contribution in [0, 0.1) is 20.8 Å². The van der Waals surface area contributed by atoms with Crippen LogP contribution < -0.4 is 5.73 Å². The van der Waals surface area contributed by atoms with E-state index in [0.717, 1.165) is 17.6 Å². The molecule has 0 saturated heterocycles. The molecule has 0 radical (unpaired) electrons. The molecule has 0 bridgehead atoms. The van der Waals surface area contributed by atoms with E-state index in [9.17, 15) is 0 Å². The van der Waals surface area contributed by atoms with E-state index in [-0.39, 0.29) is 0 Å². The molecule has 2 heterocycles. The van der Waals surface area contributed by atoms with Crippen LogP contribution in [0.3, 0.4) is 0 Å². The number of nitrogens with two attached hydrogens (primary N) is 1. The van der Waals surface area contributed by atoms with Crippen molar-refractivity contribution in [3.8, 4) is 0 Å². The number of nitrogen functional groups attached to an aromatic ring is 1. The molecule has 0 fully saturated rings. The quantitative estimate of drug-likeness (QED) is 0.773. The standard InChI is InChI=1S/C15H17N3S/c1-9-4-5-14-13(6-9)17-15(16)18(14)8-12-7-10(2)11(3)19-12/h4-7H,8H2,1-3H3,(H2,16,17). The van der Waals surface area contributed by atoms with Crippen LogP contribution in [0.2, 0.25) is 0 Å². The molecule has 0 saturated carbocycles. The van der Waals surface area contributed by atoms with Crippen LogP contribution in [0.5, 0.6) is 0 Å². The van der Waals surface area contributed by atoms with E-state index in [1.807, 2.05) is 11.3 Å². The summed E-state index contributed by atoms with van der Waals surface area (Å²) in [5.74, 6) is 0.587. The van der Waals surface area contributed by atoms with Crippen molar-refractivity contribution in [3.63, 3.8) is 0 Å². The monoisotopic (exact) mass is 271 g/mol. The number of hydrogen-bond acceptors (Lipinski definition) is 3. The van der Waals surface area contributed by atoms with Crippen LogP contribution in [-0.4, -0.2) is 9.55 Å². The summed E-state index contributed by atoms with van der Waals surface area (Å²) >= 11 is 1.83. The number of fused-ring (bicyclic) bond motifs is 1. The number of imidazole rings is 1. The third kappa shape index (κ3) is 2.12. The molecule has 19 heavy (non-hydrogen) atoms. The number of hydrogen-bond donors (Lipinski definition) is 1. The predicted octanol–water partition coefficient (Wildman–Crippen LogP) is 3.65. The van der Waals surface area contributed by atoms with E-state index in [4.69, 9.17) is 5.73 Å². The van der Waals surface area contributed by atoms with Crippen LogP contribution in [-0.2, 0) is 6.54 Å². The first-order valence-electron chi connectivity index (χ1n) is 6.33. The van der Waals surface area contributed by atoms with Crippen molar-refractivity contribution >= 4 is 28.3 Å². The van der Waals surface area contributed by atoms with E-state index < -0.39 is 0 Å². The second kappa shape index (κ2) is 4.38. The lowest BCUT2D eigenvalue weighted by Crippen LogP contribution is -2.03. The van der Waals surface area contributed by atoms with Crippen molar-refractivity contribution in [2.24, 2.45) is 0 Å². The van der Waals surface area contributed by atoms with E-state index >= 15 is 0 Å². The lowest BCUT2D eigenvalue weighted by atomic mass is 10.2. The first kappa shape index (κ1) is 12.2. The van der Waals surface area contributed by atoms with Gasteiger partial charge in [-0.05, 0) is 50.1 Å². The van der Waals surface area contributed by atoms with Gasteiger partial charge in [0.05, 0.1) is 17.6 Å². The zero-order valence-corrected chi connectivity index (χ0v) is 12.2. The highest BCUT2D eigenvalue weighted by Gasteiger charge is 2.10. The molecule has 3 aromatic rings. The molecule has 3 rings (SSSR count). The molecule has 2 N–H and O–H groups in total. The molecule has 0 atom stereocenters. The zero-order chi connectivity index (χ0) is 13.6. The van der Waals surface area contributed by atoms with Crippen molar-refractivity contribution in [2.75, 3.05) is 5.73 Å². The Morgan fingerprint density at radius 1 is 1.21 bits per heavy atom. The van der Waals surface area contributed by atoms with E-state index in [0.29, 0.717) is 5.95 Å². The van der Waals surface area contributed by atoms with Crippen LogP contribution in [0.1, 0.15) is 20.9 Å². The van der Waals surface area contributed by atoms with Gasteiger partial charge in [-0.1, -0.05) is 6.07 Å². The maximum atomic E-state index is 6.05. The van der Waals surface area contributed by atoms with Crippen LogP contribution in [0.25, 0.3) is 11.0 Å². The molecular weight excluding hydrogens is 254 g/mol. The zero-order valence-electron chi connectivity index (χ0n) is 11.4. The van der Waals surface area contributed by atoms with E-state index in [1.165, 1.54) is 20.9 Å². The second-order valence-electron chi connectivity index (χ2n) is 5.00. The Balaban J connectivity index is 2.07. The van der Waals surface area contributed by atoms with E-state index in [2.05, 4.69) is 54.6 Å². The van der Waals surface area contributed by atoms with Gasteiger partial charge in [0.15, 0.2) is 0 Å². The summed E-state index contributed by atoms with van der Waals surface area (Å²) in [7, 11) is 0. The maximum absolute atomic E-state index is 6.05. The average molecular weight is 271 g/mol. The Morgan fingerprint density at radius 2 is 2.00 bits per heavy atom. The number of thiophene rings is 1. The Labute approximate surface area is 116 Å². The van der Waals surface area contributed by atoms with Gasteiger partial charge < -0.3 is 10.3 Å². The van der Waals surface area contributed by atoms with Gasteiger partial charge in [-0.2, -0.15) is 0 Å². The second-order valence-corrected chi connectivity index (χ2v) is 6.34. The summed E-state index contributed by atoms with van der Waals surface area (Å²) in [5.41, 5.74) is 10.7. The third-order valence-electron chi connectivity index (χ3n) is 3.46. The minimum atomic E-state index is 0.587. The minimum absolute atomic E-state index is 0.587. The molecule has 2 aromatic heterocycles. The average Bonchev–Trinajstić information content (AvgIpc) is 2.81. The summed E-state index contributed by atoms with van der Waals surface area (Å²) in [5, 5.41) is 0. The van der Waals surface area contributed by atoms with Crippen molar-refractivity contribution < 1.29 is 0 Å². The lowest BCUT2D eigenvalue weighted by molar-refractivity contribution is 0.852. The Morgan fingerprint density at radius 3 is 2.68 bits per heavy atom. The SMILES string of the molecule is Cc1ccc2c(c1)nc(N)n2Cc1cc(C)c(C)s1. The molecule has 0 aliphatic heterocycles. The lowest BCUT2D eigenvalue weighted by Gasteiger charge is -2.04. The van der Waals surface area contributed by atoms with Crippen molar-refractivity contribution in [2.45, 2.75) is 27.3 Å². The molecule has 0 spiro atoms. The summed E-state index contributed by atoms with van der Waals surface area (Å²) < 4.78 is 2.08. The highest BCUT2D eigenvalue weighted by molar-refractivity contribution is 7.12. The number of aromatic nitrogens is 2. The van der Waals surface area contributed by atoms with Gasteiger partial charge in [0.2, 0.25) is 5.95 Å². The van der Waals surface area contributed by atoms with Crippen molar-refractivity contribution in [3.05, 3.63) is 45.1 Å². The fraction of sp³-hybridized carbons (Fsp3) is 0.267. The van der Waals surface area contributed by atoms with Gasteiger partial charge >= 0.3 is 0 Å². The van der Waals surface area contributed by atoms with Crippen molar-refractivity contribution in [1.29, 1.82) is 0 Å².